The van der Waals surface area contributed by atoms with Gasteiger partial charge in [0.15, 0.2) is 0 Å². The van der Waals surface area contributed by atoms with Crippen LogP contribution < -0.4 is 4.74 Å². The molecule has 2 rings (SSSR count). The van der Waals surface area contributed by atoms with Crippen LogP contribution in [0.5, 0.6) is 5.75 Å². The molecule has 1 aromatic carbocycles. The van der Waals surface area contributed by atoms with E-state index < -0.39 is 26.5 Å². The molecule has 11 heteroatoms. The molecule has 0 atom stereocenters. The molecule has 1 aromatic rings. The maximum Gasteiger partial charge on any atom is 0.469 e. The van der Waals surface area contributed by atoms with Crippen LogP contribution in [0.2, 0.25) is 0 Å². The molecule has 1 heterocycles. The van der Waals surface area contributed by atoms with E-state index in [9.17, 15) is 22.5 Å². The number of phosphoric ester groups is 1. The molecular weight excluding hydrogens is 438 g/mol. The number of carbonyl (C=O) groups is 1. The van der Waals surface area contributed by atoms with Gasteiger partial charge in [0.2, 0.25) is 5.91 Å². The molecule has 0 aliphatic carbocycles. The second-order valence-corrected chi connectivity index (χ2v) is 8.84. The molecular formula is C20H29F3NO6P. The fraction of sp³-hybridized carbons (Fsp3) is 0.650. The highest BCUT2D eigenvalue weighted by Crippen LogP contribution is 2.39. The standard InChI is InChI=1S/C20H29F3NO6P/c21-20(22,23)11-4-1-5-12-29-17-9-6-8-16(13-17)7-2-3-10-19(25)24-14-18(15-24)30-31(26,27)28/h6,8-9,13,18H,1-5,7,10-12,14-15H2,(H2,26,27,28). The van der Waals surface area contributed by atoms with E-state index in [0.717, 1.165) is 18.4 Å². The second kappa shape index (κ2) is 11.9. The lowest BCUT2D eigenvalue weighted by atomic mass is 10.1. The fourth-order valence-corrected chi connectivity index (χ4v) is 3.77. The topological polar surface area (TPSA) is 96.3 Å². The summed E-state index contributed by atoms with van der Waals surface area (Å²) < 4.78 is 57.2. The predicted molar refractivity (Wildman–Crippen MR) is 108 cm³/mol. The number of alkyl halides is 3. The van der Waals surface area contributed by atoms with Crippen LogP contribution in [0.15, 0.2) is 24.3 Å². The molecule has 0 bridgehead atoms. The zero-order valence-electron chi connectivity index (χ0n) is 17.2. The number of phosphoric acid groups is 1. The molecule has 0 saturated carbocycles. The van der Waals surface area contributed by atoms with Gasteiger partial charge in [0.1, 0.15) is 11.9 Å². The van der Waals surface area contributed by atoms with Crippen molar-refractivity contribution in [2.45, 2.75) is 63.6 Å². The number of ether oxygens (including phenoxy) is 1. The molecule has 1 amide bonds. The molecule has 1 saturated heterocycles. The number of aryl methyl sites for hydroxylation is 1. The lowest BCUT2D eigenvalue weighted by Crippen LogP contribution is -2.54. The van der Waals surface area contributed by atoms with E-state index in [1.807, 2.05) is 24.3 Å². The Bertz CT molecular complexity index is 749. The van der Waals surface area contributed by atoms with Gasteiger partial charge in [-0.05, 0) is 56.2 Å². The van der Waals surface area contributed by atoms with Gasteiger partial charge in [-0.1, -0.05) is 12.1 Å². The Balaban J connectivity index is 1.56. The molecule has 0 spiro atoms. The van der Waals surface area contributed by atoms with Gasteiger partial charge in [-0.2, -0.15) is 13.2 Å². The van der Waals surface area contributed by atoms with Gasteiger partial charge in [0.05, 0.1) is 6.61 Å². The SMILES string of the molecule is O=C(CCCCc1cccc(OCCCCCC(F)(F)F)c1)N1CC(OP(=O)(O)O)C1. The molecule has 7 nitrogen and oxygen atoms in total. The van der Waals surface area contributed by atoms with Gasteiger partial charge in [-0.15, -0.1) is 0 Å². The molecule has 31 heavy (non-hydrogen) atoms. The number of hydrogen-bond acceptors (Lipinski definition) is 4. The normalized spacial score (nSPS) is 15.1. The summed E-state index contributed by atoms with van der Waals surface area (Å²) in [6.07, 6.45) is -1.72. The van der Waals surface area contributed by atoms with Crippen molar-refractivity contribution in [2.75, 3.05) is 19.7 Å². The summed E-state index contributed by atoms with van der Waals surface area (Å²) in [4.78, 5) is 31.0. The monoisotopic (exact) mass is 467 g/mol. The first-order chi connectivity index (χ1) is 14.5. The second-order valence-electron chi connectivity index (χ2n) is 7.65. The first-order valence-corrected chi connectivity index (χ1v) is 11.8. The summed E-state index contributed by atoms with van der Waals surface area (Å²) in [6.45, 7) is 0.761. The number of carbonyl (C=O) groups excluding carboxylic acids is 1. The van der Waals surface area contributed by atoms with E-state index in [1.54, 1.807) is 0 Å². The quantitative estimate of drug-likeness (QED) is 0.333. The van der Waals surface area contributed by atoms with Crippen molar-refractivity contribution >= 4 is 13.7 Å². The first-order valence-electron chi connectivity index (χ1n) is 10.3. The third kappa shape index (κ3) is 11.0. The molecule has 0 aromatic heterocycles. The molecule has 0 radical (unpaired) electrons. The minimum Gasteiger partial charge on any atom is -0.494 e. The Morgan fingerprint density at radius 1 is 1.13 bits per heavy atom. The van der Waals surface area contributed by atoms with E-state index in [-0.39, 0.29) is 25.4 Å². The van der Waals surface area contributed by atoms with Crippen molar-refractivity contribution in [1.82, 2.24) is 4.90 Å². The van der Waals surface area contributed by atoms with Gasteiger partial charge in [0.25, 0.3) is 0 Å². The third-order valence-corrected chi connectivity index (χ3v) is 5.44. The maximum absolute atomic E-state index is 12.1. The highest BCUT2D eigenvalue weighted by molar-refractivity contribution is 7.46. The highest BCUT2D eigenvalue weighted by atomic mass is 31.2. The van der Waals surface area contributed by atoms with Crippen molar-refractivity contribution in [3.63, 3.8) is 0 Å². The summed E-state index contributed by atoms with van der Waals surface area (Å²) >= 11 is 0. The van der Waals surface area contributed by atoms with Gasteiger partial charge < -0.3 is 19.4 Å². The summed E-state index contributed by atoms with van der Waals surface area (Å²) in [5, 5.41) is 0. The molecule has 176 valence electrons. The van der Waals surface area contributed by atoms with Gasteiger partial charge in [-0.25, -0.2) is 4.57 Å². The van der Waals surface area contributed by atoms with Gasteiger partial charge >= 0.3 is 14.0 Å². The van der Waals surface area contributed by atoms with Crippen LogP contribution in [0.4, 0.5) is 13.2 Å². The molecule has 1 fully saturated rings. The Morgan fingerprint density at radius 3 is 2.55 bits per heavy atom. The minimum absolute atomic E-state index is 0.0619. The Labute approximate surface area is 179 Å². The van der Waals surface area contributed by atoms with Crippen molar-refractivity contribution in [2.24, 2.45) is 0 Å². The summed E-state index contributed by atoms with van der Waals surface area (Å²) in [7, 11) is -4.52. The Kier molecular flexibility index (Phi) is 9.81. The number of amides is 1. The van der Waals surface area contributed by atoms with Gasteiger partial charge in [-0.3, -0.25) is 9.32 Å². The van der Waals surface area contributed by atoms with E-state index in [1.165, 1.54) is 4.90 Å². The summed E-state index contributed by atoms with van der Waals surface area (Å²) in [5.41, 5.74) is 1.06. The summed E-state index contributed by atoms with van der Waals surface area (Å²) in [5.74, 6) is 0.620. The molecule has 1 aliphatic rings. The van der Waals surface area contributed by atoms with Crippen molar-refractivity contribution < 1.29 is 41.6 Å². The molecule has 0 unspecified atom stereocenters. The van der Waals surface area contributed by atoms with Crippen LogP contribution in [-0.2, 0) is 20.3 Å². The fourth-order valence-electron chi connectivity index (χ4n) is 3.25. The number of likely N-dealkylation sites (tertiary alicyclic amines) is 1. The lowest BCUT2D eigenvalue weighted by molar-refractivity contribution is -0.140. The summed E-state index contributed by atoms with van der Waals surface area (Å²) in [6, 6.07) is 7.53. The highest BCUT2D eigenvalue weighted by Gasteiger charge is 2.35. The van der Waals surface area contributed by atoms with Crippen molar-refractivity contribution in [3.05, 3.63) is 29.8 Å². The number of hydrogen-bond donors (Lipinski definition) is 2. The Hall–Kier alpha value is -1.61. The maximum atomic E-state index is 12.1. The third-order valence-electron chi connectivity index (χ3n) is 4.86. The average Bonchev–Trinajstić information content (AvgIpc) is 2.63. The number of rotatable bonds is 13. The smallest absolute Gasteiger partial charge is 0.469 e. The van der Waals surface area contributed by atoms with E-state index >= 15 is 0 Å². The van der Waals surface area contributed by atoms with Crippen LogP contribution in [-0.4, -0.2) is 52.6 Å². The first kappa shape index (κ1) is 25.6. The number of benzene rings is 1. The lowest BCUT2D eigenvalue weighted by Gasteiger charge is -2.38. The minimum atomic E-state index is -4.52. The zero-order chi connectivity index (χ0) is 22.9. The van der Waals surface area contributed by atoms with Crippen molar-refractivity contribution in [3.8, 4) is 5.75 Å². The van der Waals surface area contributed by atoms with Crippen LogP contribution >= 0.6 is 7.82 Å². The van der Waals surface area contributed by atoms with Crippen LogP contribution in [0.3, 0.4) is 0 Å². The largest absolute Gasteiger partial charge is 0.494 e. The number of halogens is 3. The number of unbranched alkanes of at least 4 members (excludes halogenated alkanes) is 3. The molecule has 1 aliphatic heterocycles. The van der Waals surface area contributed by atoms with Crippen LogP contribution in [0.25, 0.3) is 0 Å². The van der Waals surface area contributed by atoms with Crippen LogP contribution in [0, 0.1) is 0 Å². The average molecular weight is 467 g/mol. The van der Waals surface area contributed by atoms with E-state index in [0.29, 0.717) is 38.0 Å². The van der Waals surface area contributed by atoms with Crippen molar-refractivity contribution in [1.29, 1.82) is 0 Å². The zero-order valence-corrected chi connectivity index (χ0v) is 18.1. The Morgan fingerprint density at radius 2 is 1.87 bits per heavy atom. The predicted octanol–water partition coefficient (Wildman–Crippen LogP) is 4.22. The van der Waals surface area contributed by atoms with Gasteiger partial charge in [0, 0.05) is 25.9 Å². The number of nitrogens with zero attached hydrogens (tertiary/aromatic N) is 1. The van der Waals surface area contributed by atoms with Crippen LogP contribution in [0.1, 0.15) is 50.5 Å². The molecule has 2 N–H and O–H groups in total. The van der Waals surface area contributed by atoms with E-state index in [4.69, 9.17) is 14.5 Å². The van der Waals surface area contributed by atoms with E-state index in [2.05, 4.69) is 4.52 Å².